The van der Waals surface area contributed by atoms with Gasteiger partial charge in [0.25, 0.3) is 5.56 Å². The van der Waals surface area contributed by atoms with Gasteiger partial charge in [0.1, 0.15) is 5.75 Å². The maximum Gasteiger partial charge on any atom is 0.322 e. The number of rotatable bonds is 6. The number of halogens is 1. The molecule has 0 unspecified atom stereocenters. The summed E-state index contributed by atoms with van der Waals surface area (Å²) in [6, 6.07) is 19.3. The first-order valence-corrected chi connectivity index (χ1v) is 11.3. The molecule has 1 aliphatic rings. The molecule has 0 radical (unpaired) electrons. The molecule has 0 bridgehead atoms. The molecule has 0 saturated carbocycles. The molecule has 1 aromatic heterocycles. The van der Waals surface area contributed by atoms with Crippen molar-refractivity contribution in [3.8, 4) is 17.2 Å². The summed E-state index contributed by atoms with van der Waals surface area (Å²) in [5.41, 5.74) is 2.17. The van der Waals surface area contributed by atoms with E-state index in [0.29, 0.717) is 39.0 Å². The van der Waals surface area contributed by atoms with E-state index in [4.69, 9.17) is 25.8 Å². The topological polar surface area (TPSA) is 92.9 Å². The minimum atomic E-state index is -0.380. The summed E-state index contributed by atoms with van der Waals surface area (Å²) in [4.78, 5) is 30.7. The lowest BCUT2D eigenvalue weighted by molar-refractivity contribution is 0.174. The molecule has 5 rings (SSSR count). The number of anilines is 1. The molecule has 0 spiro atoms. The molecule has 2 heterocycles. The van der Waals surface area contributed by atoms with Crippen LogP contribution < -0.4 is 25.1 Å². The van der Waals surface area contributed by atoms with Crippen molar-refractivity contribution >= 4 is 34.2 Å². The van der Waals surface area contributed by atoms with Crippen LogP contribution in [0.5, 0.6) is 17.2 Å². The highest BCUT2D eigenvalue weighted by molar-refractivity contribution is 6.30. The van der Waals surface area contributed by atoms with Gasteiger partial charge in [0.15, 0.2) is 11.5 Å². The summed E-state index contributed by atoms with van der Waals surface area (Å²) in [5.74, 6) is 1.73. The van der Waals surface area contributed by atoms with E-state index in [1.807, 2.05) is 24.3 Å². The number of hydrogen-bond acceptors (Lipinski definition) is 5. The van der Waals surface area contributed by atoms with Gasteiger partial charge in [-0.1, -0.05) is 35.9 Å². The van der Waals surface area contributed by atoms with E-state index in [2.05, 4.69) is 10.3 Å². The lowest BCUT2D eigenvalue weighted by Gasteiger charge is -2.24. The second kappa shape index (κ2) is 9.60. The summed E-state index contributed by atoms with van der Waals surface area (Å²) in [6.45, 7) is 0.473. The number of carbonyl (C=O) groups excluding carboxylic acids is 1. The highest BCUT2D eigenvalue weighted by Gasteiger charge is 2.20. The first kappa shape index (κ1) is 22.6. The smallest absolute Gasteiger partial charge is 0.322 e. The molecule has 0 fully saturated rings. The lowest BCUT2D eigenvalue weighted by Crippen LogP contribution is -2.35. The molecule has 0 atom stereocenters. The van der Waals surface area contributed by atoms with Gasteiger partial charge in [-0.2, -0.15) is 0 Å². The van der Waals surface area contributed by atoms with Gasteiger partial charge in [-0.3, -0.25) is 4.79 Å². The van der Waals surface area contributed by atoms with Crippen LogP contribution in [-0.2, 0) is 13.1 Å². The third kappa shape index (κ3) is 4.88. The monoisotopic (exact) mass is 491 g/mol. The molecule has 0 aliphatic carbocycles. The highest BCUT2D eigenvalue weighted by atomic mass is 35.5. The zero-order valence-electron chi connectivity index (χ0n) is 18.8. The quantitative estimate of drug-likeness (QED) is 0.389. The molecule has 2 N–H and O–H groups in total. The van der Waals surface area contributed by atoms with Crippen molar-refractivity contribution in [3.05, 3.63) is 93.2 Å². The number of aromatic amines is 1. The molecule has 2 amide bonds. The molecule has 4 aromatic rings. The molecule has 35 heavy (non-hydrogen) atoms. The number of methoxy groups -OCH3 is 1. The van der Waals surface area contributed by atoms with E-state index in [1.165, 1.54) is 7.11 Å². The fourth-order valence-corrected chi connectivity index (χ4v) is 4.04. The van der Waals surface area contributed by atoms with Crippen LogP contribution in [0.4, 0.5) is 10.5 Å². The Balaban J connectivity index is 1.47. The first-order chi connectivity index (χ1) is 17.0. The van der Waals surface area contributed by atoms with Gasteiger partial charge < -0.3 is 29.4 Å². The molecule has 9 heteroatoms. The molecule has 0 saturated heterocycles. The first-order valence-electron chi connectivity index (χ1n) is 10.9. The Hall–Kier alpha value is -4.17. The number of nitrogens with zero attached hydrogens (tertiary/aromatic N) is 1. The number of carbonyl (C=O) groups is 1. The fourth-order valence-electron chi connectivity index (χ4n) is 3.92. The average molecular weight is 492 g/mol. The maximum atomic E-state index is 13.4. The van der Waals surface area contributed by atoms with E-state index < -0.39 is 0 Å². The Labute approximate surface area is 206 Å². The second-order valence-electron chi connectivity index (χ2n) is 8.03. The number of nitrogens with one attached hydrogen (secondary N) is 2. The Kier molecular flexibility index (Phi) is 6.20. The normalized spacial score (nSPS) is 11.9. The Morgan fingerprint density at radius 1 is 1.06 bits per heavy atom. The minimum Gasteiger partial charge on any atom is -0.495 e. The Morgan fingerprint density at radius 3 is 2.57 bits per heavy atom. The number of aromatic nitrogens is 1. The summed E-state index contributed by atoms with van der Waals surface area (Å²) < 4.78 is 16.2. The molecular weight excluding hydrogens is 470 g/mol. The van der Waals surface area contributed by atoms with E-state index in [9.17, 15) is 9.59 Å². The third-order valence-electron chi connectivity index (χ3n) is 5.70. The molecule has 178 valence electrons. The van der Waals surface area contributed by atoms with Crippen LogP contribution in [0.15, 0.2) is 71.5 Å². The number of hydrogen-bond donors (Lipinski definition) is 2. The number of amides is 2. The number of fused-ring (bicyclic) bond motifs is 2. The number of ether oxygens (including phenoxy) is 3. The summed E-state index contributed by atoms with van der Waals surface area (Å²) in [5, 5.41) is 4.27. The van der Waals surface area contributed by atoms with Crippen LogP contribution in [0.1, 0.15) is 11.1 Å². The predicted molar refractivity (Wildman–Crippen MR) is 133 cm³/mol. The highest BCUT2D eigenvalue weighted by Crippen LogP contribution is 2.35. The zero-order valence-corrected chi connectivity index (χ0v) is 19.6. The maximum absolute atomic E-state index is 13.4. The van der Waals surface area contributed by atoms with Gasteiger partial charge in [0.2, 0.25) is 6.79 Å². The van der Waals surface area contributed by atoms with Crippen molar-refractivity contribution in [2.45, 2.75) is 13.1 Å². The van der Waals surface area contributed by atoms with Gasteiger partial charge >= 0.3 is 6.03 Å². The Morgan fingerprint density at radius 2 is 1.80 bits per heavy atom. The van der Waals surface area contributed by atoms with Crippen LogP contribution in [0.2, 0.25) is 5.02 Å². The van der Waals surface area contributed by atoms with Crippen molar-refractivity contribution in [2.75, 3.05) is 19.2 Å². The Bertz CT molecular complexity index is 1450. The predicted octanol–water partition coefficient (Wildman–Crippen LogP) is 5.15. The fraction of sp³-hybridized carbons (Fsp3) is 0.154. The molecular formula is C26H22ClN3O5. The molecule has 1 aliphatic heterocycles. The van der Waals surface area contributed by atoms with Crippen LogP contribution in [0.3, 0.4) is 0 Å². The van der Waals surface area contributed by atoms with Crippen molar-refractivity contribution < 1.29 is 19.0 Å². The van der Waals surface area contributed by atoms with E-state index in [-0.39, 0.29) is 31.5 Å². The third-order valence-corrected chi connectivity index (χ3v) is 5.95. The van der Waals surface area contributed by atoms with Gasteiger partial charge in [0, 0.05) is 28.6 Å². The van der Waals surface area contributed by atoms with E-state index in [1.54, 1.807) is 47.4 Å². The number of urea groups is 1. The molecule has 8 nitrogen and oxygen atoms in total. The van der Waals surface area contributed by atoms with Crippen LogP contribution in [0, 0.1) is 0 Å². The SMILES string of the molecule is COc1ccccc1NC(=O)N(Cc1ccc(Cl)cc1)Cc1cc2cc3c(cc2[nH]c1=O)OCO3. The minimum absolute atomic E-state index is 0.0727. The molecule has 3 aromatic carbocycles. The van der Waals surface area contributed by atoms with Gasteiger partial charge in [-0.15, -0.1) is 0 Å². The number of benzene rings is 3. The van der Waals surface area contributed by atoms with Crippen molar-refractivity contribution in [1.29, 1.82) is 0 Å². The standard InChI is InChI=1S/C26H22ClN3O5/c1-33-22-5-3-2-4-20(22)29-26(32)30(13-16-6-8-19(27)9-7-16)14-18-10-17-11-23-24(35-15-34-23)12-21(17)28-25(18)31/h2-12H,13-15H2,1H3,(H,28,31)(H,29,32). The van der Waals surface area contributed by atoms with Crippen LogP contribution in [0.25, 0.3) is 10.9 Å². The zero-order chi connectivity index (χ0) is 24.4. The average Bonchev–Trinajstić information content (AvgIpc) is 3.31. The second-order valence-corrected chi connectivity index (χ2v) is 8.47. The van der Waals surface area contributed by atoms with Gasteiger partial charge in [-0.05, 0) is 42.0 Å². The van der Waals surface area contributed by atoms with Crippen LogP contribution >= 0.6 is 11.6 Å². The summed E-state index contributed by atoms with van der Waals surface area (Å²) in [7, 11) is 1.54. The number of H-pyrrole nitrogens is 1. The van der Waals surface area contributed by atoms with E-state index in [0.717, 1.165) is 10.9 Å². The van der Waals surface area contributed by atoms with Crippen molar-refractivity contribution in [1.82, 2.24) is 9.88 Å². The van der Waals surface area contributed by atoms with Crippen molar-refractivity contribution in [2.24, 2.45) is 0 Å². The van der Waals surface area contributed by atoms with Crippen LogP contribution in [-0.4, -0.2) is 29.8 Å². The van der Waals surface area contributed by atoms with Gasteiger partial charge in [-0.25, -0.2) is 4.79 Å². The number of para-hydroxylation sites is 2. The summed E-state index contributed by atoms with van der Waals surface area (Å²) in [6.07, 6.45) is 0. The van der Waals surface area contributed by atoms with Crippen molar-refractivity contribution in [3.63, 3.8) is 0 Å². The largest absolute Gasteiger partial charge is 0.495 e. The lowest BCUT2D eigenvalue weighted by atomic mass is 10.1. The number of pyridine rings is 1. The van der Waals surface area contributed by atoms with Gasteiger partial charge in [0.05, 0.1) is 24.9 Å². The summed E-state index contributed by atoms with van der Waals surface area (Å²) >= 11 is 6.03. The van der Waals surface area contributed by atoms with E-state index >= 15 is 0 Å².